The molecular weight excluding hydrogens is 284 g/mol. The molecule has 2 N–H and O–H groups in total. The zero-order valence-electron chi connectivity index (χ0n) is 12.3. The molecule has 1 aromatic carbocycles. The van der Waals surface area contributed by atoms with Crippen LogP contribution in [-0.2, 0) is 9.59 Å². The van der Waals surface area contributed by atoms with Crippen molar-refractivity contribution >= 4 is 17.8 Å². The summed E-state index contributed by atoms with van der Waals surface area (Å²) in [6.07, 6.45) is 1.14. The quantitative estimate of drug-likeness (QED) is 0.853. The largest absolute Gasteiger partial charge is 0.481 e. The number of nitrogens with one attached hydrogen (secondary N) is 1. The molecule has 0 spiro atoms. The summed E-state index contributed by atoms with van der Waals surface area (Å²) in [5, 5.41) is 11.2. The second kappa shape index (κ2) is 7.59. The van der Waals surface area contributed by atoms with Crippen LogP contribution in [0.1, 0.15) is 29.6 Å². The van der Waals surface area contributed by atoms with Gasteiger partial charge in [0.15, 0.2) is 0 Å². The van der Waals surface area contributed by atoms with Gasteiger partial charge in [-0.1, -0.05) is 18.2 Å². The minimum Gasteiger partial charge on any atom is -0.481 e. The minimum absolute atomic E-state index is 0.00895. The molecule has 2 rings (SSSR count). The number of carboxylic acids is 1. The summed E-state index contributed by atoms with van der Waals surface area (Å²) in [7, 11) is 0. The van der Waals surface area contributed by atoms with Crippen molar-refractivity contribution in [2.75, 3.05) is 19.6 Å². The number of amides is 2. The third-order valence-corrected chi connectivity index (χ3v) is 3.81. The maximum absolute atomic E-state index is 12.3. The Bertz CT molecular complexity index is 536. The molecule has 1 heterocycles. The normalized spacial score (nSPS) is 15.4. The monoisotopic (exact) mass is 304 g/mol. The van der Waals surface area contributed by atoms with Crippen molar-refractivity contribution in [3.05, 3.63) is 35.9 Å². The lowest BCUT2D eigenvalue weighted by Crippen LogP contribution is -2.43. The van der Waals surface area contributed by atoms with Gasteiger partial charge in [0, 0.05) is 31.1 Å². The van der Waals surface area contributed by atoms with Gasteiger partial charge >= 0.3 is 5.97 Å². The van der Waals surface area contributed by atoms with E-state index in [2.05, 4.69) is 5.32 Å². The van der Waals surface area contributed by atoms with E-state index in [1.807, 2.05) is 18.2 Å². The maximum Gasteiger partial charge on any atom is 0.305 e. The van der Waals surface area contributed by atoms with Gasteiger partial charge in [-0.05, 0) is 25.0 Å². The average molecular weight is 304 g/mol. The smallest absolute Gasteiger partial charge is 0.305 e. The van der Waals surface area contributed by atoms with Crippen LogP contribution in [0, 0.1) is 5.92 Å². The van der Waals surface area contributed by atoms with Crippen LogP contribution >= 0.6 is 0 Å². The van der Waals surface area contributed by atoms with E-state index < -0.39 is 5.97 Å². The number of carboxylic acid groups (broad SMARTS) is 1. The van der Waals surface area contributed by atoms with Gasteiger partial charge in [-0.15, -0.1) is 0 Å². The van der Waals surface area contributed by atoms with Crippen LogP contribution < -0.4 is 5.32 Å². The summed E-state index contributed by atoms with van der Waals surface area (Å²) in [4.78, 5) is 36.4. The lowest BCUT2D eigenvalue weighted by Gasteiger charge is -2.31. The summed E-state index contributed by atoms with van der Waals surface area (Å²) in [6, 6.07) is 9.09. The lowest BCUT2D eigenvalue weighted by molar-refractivity contribution is -0.137. The Morgan fingerprint density at radius 2 is 1.77 bits per heavy atom. The van der Waals surface area contributed by atoms with Crippen LogP contribution in [0.5, 0.6) is 0 Å². The summed E-state index contributed by atoms with van der Waals surface area (Å²) in [6.45, 7) is 1.24. The van der Waals surface area contributed by atoms with Crippen molar-refractivity contribution in [2.24, 2.45) is 5.92 Å². The number of carbonyl (C=O) groups excluding carboxylic acids is 2. The Balaban J connectivity index is 1.79. The number of benzene rings is 1. The Hall–Kier alpha value is -2.37. The fraction of sp³-hybridized carbons (Fsp3) is 0.438. The Labute approximate surface area is 129 Å². The topological polar surface area (TPSA) is 86.7 Å². The van der Waals surface area contributed by atoms with Crippen LogP contribution in [0.2, 0.25) is 0 Å². The first-order valence-electron chi connectivity index (χ1n) is 7.42. The Morgan fingerprint density at radius 3 is 2.36 bits per heavy atom. The zero-order valence-corrected chi connectivity index (χ0v) is 12.3. The summed E-state index contributed by atoms with van der Waals surface area (Å²) in [5.41, 5.74) is 0.659. The molecule has 0 unspecified atom stereocenters. The molecule has 0 bridgehead atoms. The van der Waals surface area contributed by atoms with E-state index >= 15 is 0 Å². The number of hydrogen-bond donors (Lipinski definition) is 2. The molecule has 0 aliphatic carbocycles. The number of carbonyl (C=O) groups is 3. The molecule has 118 valence electrons. The summed E-state index contributed by atoms with van der Waals surface area (Å²) in [5.74, 6) is -1.20. The third-order valence-electron chi connectivity index (χ3n) is 3.81. The second-order valence-electron chi connectivity index (χ2n) is 5.37. The molecule has 1 aromatic rings. The number of hydrogen-bond acceptors (Lipinski definition) is 3. The van der Waals surface area contributed by atoms with E-state index in [-0.39, 0.29) is 30.7 Å². The molecule has 1 saturated heterocycles. The van der Waals surface area contributed by atoms with Crippen LogP contribution in [0.25, 0.3) is 0 Å². The highest BCUT2D eigenvalue weighted by atomic mass is 16.4. The van der Waals surface area contributed by atoms with Gasteiger partial charge in [-0.3, -0.25) is 14.4 Å². The fourth-order valence-corrected chi connectivity index (χ4v) is 2.55. The van der Waals surface area contributed by atoms with Crippen molar-refractivity contribution in [2.45, 2.75) is 19.3 Å². The van der Waals surface area contributed by atoms with Crippen LogP contribution in [0.3, 0.4) is 0 Å². The van der Waals surface area contributed by atoms with E-state index in [1.54, 1.807) is 17.0 Å². The van der Waals surface area contributed by atoms with Crippen LogP contribution in [0.15, 0.2) is 30.3 Å². The number of aliphatic carboxylic acids is 1. The molecule has 1 fully saturated rings. The molecule has 0 atom stereocenters. The molecule has 2 amide bonds. The van der Waals surface area contributed by atoms with Gasteiger partial charge in [0.25, 0.3) is 5.91 Å². The van der Waals surface area contributed by atoms with Crippen molar-refractivity contribution < 1.29 is 19.5 Å². The van der Waals surface area contributed by atoms with E-state index in [4.69, 9.17) is 5.11 Å². The minimum atomic E-state index is -0.927. The van der Waals surface area contributed by atoms with Gasteiger partial charge < -0.3 is 15.3 Å². The van der Waals surface area contributed by atoms with Crippen molar-refractivity contribution in [1.29, 1.82) is 0 Å². The molecule has 6 nitrogen and oxygen atoms in total. The highest BCUT2D eigenvalue weighted by molar-refractivity contribution is 5.94. The van der Waals surface area contributed by atoms with Gasteiger partial charge in [-0.2, -0.15) is 0 Å². The van der Waals surface area contributed by atoms with Crippen LogP contribution in [-0.4, -0.2) is 47.4 Å². The second-order valence-corrected chi connectivity index (χ2v) is 5.37. The molecule has 0 aromatic heterocycles. The first-order valence-corrected chi connectivity index (χ1v) is 7.42. The molecule has 0 saturated carbocycles. The standard InChI is InChI=1S/C16H20N2O4/c19-14(20)6-9-17-15(21)12-7-10-18(11-8-12)16(22)13-4-2-1-3-5-13/h1-5,12H,6-11H2,(H,17,21)(H,19,20). The number of rotatable bonds is 5. The third kappa shape index (κ3) is 4.31. The SMILES string of the molecule is O=C(O)CCNC(=O)C1CCN(C(=O)c2ccccc2)CC1. The molecule has 0 radical (unpaired) electrons. The Morgan fingerprint density at radius 1 is 1.14 bits per heavy atom. The fourth-order valence-electron chi connectivity index (χ4n) is 2.55. The van der Waals surface area contributed by atoms with E-state index in [0.29, 0.717) is 31.5 Å². The first kappa shape index (κ1) is 16.0. The van der Waals surface area contributed by atoms with Gasteiger partial charge in [0.1, 0.15) is 0 Å². The lowest BCUT2D eigenvalue weighted by atomic mass is 9.95. The molecule has 22 heavy (non-hydrogen) atoms. The zero-order chi connectivity index (χ0) is 15.9. The van der Waals surface area contributed by atoms with Gasteiger partial charge in [0.05, 0.1) is 6.42 Å². The van der Waals surface area contributed by atoms with Crippen molar-refractivity contribution in [1.82, 2.24) is 10.2 Å². The van der Waals surface area contributed by atoms with E-state index in [9.17, 15) is 14.4 Å². The van der Waals surface area contributed by atoms with E-state index in [0.717, 1.165) is 0 Å². The highest BCUT2D eigenvalue weighted by Crippen LogP contribution is 2.19. The molecule has 6 heteroatoms. The maximum atomic E-state index is 12.3. The number of piperidine rings is 1. The summed E-state index contributed by atoms with van der Waals surface area (Å²) < 4.78 is 0. The number of likely N-dealkylation sites (tertiary alicyclic amines) is 1. The van der Waals surface area contributed by atoms with Gasteiger partial charge in [0.2, 0.25) is 5.91 Å². The summed E-state index contributed by atoms with van der Waals surface area (Å²) >= 11 is 0. The molecule has 1 aliphatic rings. The predicted molar refractivity (Wildman–Crippen MR) is 80.3 cm³/mol. The predicted octanol–water partition coefficient (Wildman–Crippen LogP) is 1.13. The molecule has 1 aliphatic heterocycles. The highest BCUT2D eigenvalue weighted by Gasteiger charge is 2.27. The van der Waals surface area contributed by atoms with Gasteiger partial charge in [-0.25, -0.2) is 0 Å². The van der Waals surface area contributed by atoms with Crippen LogP contribution in [0.4, 0.5) is 0 Å². The molecular formula is C16H20N2O4. The van der Waals surface area contributed by atoms with Crippen molar-refractivity contribution in [3.8, 4) is 0 Å². The number of nitrogens with zero attached hydrogens (tertiary/aromatic N) is 1. The van der Waals surface area contributed by atoms with Crippen molar-refractivity contribution in [3.63, 3.8) is 0 Å². The van der Waals surface area contributed by atoms with E-state index in [1.165, 1.54) is 0 Å². The average Bonchev–Trinajstić information content (AvgIpc) is 2.54. The Kier molecular flexibility index (Phi) is 5.52. The first-order chi connectivity index (χ1) is 10.6.